The van der Waals surface area contributed by atoms with Crippen molar-refractivity contribution >= 4 is 0 Å². The lowest BCUT2D eigenvalue weighted by Gasteiger charge is -2.26. The van der Waals surface area contributed by atoms with Crippen molar-refractivity contribution in [2.45, 2.75) is 25.4 Å². The SMILES string of the molecule is OC(CNCCN1CCCCC1)COc1ccccc1. The van der Waals surface area contributed by atoms with Gasteiger partial charge in [0.05, 0.1) is 0 Å². The number of hydrogen-bond donors (Lipinski definition) is 2. The van der Waals surface area contributed by atoms with E-state index in [0.29, 0.717) is 13.2 Å². The van der Waals surface area contributed by atoms with Gasteiger partial charge in [-0.3, -0.25) is 0 Å². The number of nitrogens with zero attached hydrogens (tertiary/aromatic N) is 1. The molecule has 1 aromatic rings. The van der Waals surface area contributed by atoms with Crippen LogP contribution in [-0.4, -0.2) is 55.4 Å². The minimum absolute atomic E-state index is 0.334. The van der Waals surface area contributed by atoms with E-state index >= 15 is 0 Å². The molecule has 1 atom stereocenters. The van der Waals surface area contributed by atoms with Crippen molar-refractivity contribution in [2.75, 3.05) is 39.3 Å². The van der Waals surface area contributed by atoms with Gasteiger partial charge < -0.3 is 20.1 Å². The predicted octanol–water partition coefficient (Wildman–Crippen LogP) is 1.50. The van der Waals surface area contributed by atoms with Gasteiger partial charge in [0, 0.05) is 19.6 Å². The van der Waals surface area contributed by atoms with Gasteiger partial charge in [0.15, 0.2) is 0 Å². The second-order valence-corrected chi connectivity index (χ2v) is 5.38. The third kappa shape index (κ3) is 5.90. The monoisotopic (exact) mass is 278 g/mol. The molecule has 2 N–H and O–H groups in total. The first-order valence-corrected chi connectivity index (χ1v) is 7.63. The summed E-state index contributed by atoms with van der Waals surface area (Å²) >= 11 is 0. The van der Waals surface area contributed by atoms with E-state index in [-0.39, 0.29) is 0 Å². The fraction of sp³-hybridized carbons (Fsp3) is 0.625. The molecule has 1 aliphatic heterocycles. The van der Waals surface area contributed by atoms with Crippen LogP contribution in [0.5, 0.6) is 5.75 Å². The second-order valence-electron chi connectivity index (χ2n) is 5.38. The van der Waals surface area contributed by atoms with E-state index in [0.717, 1.165) is 18.8 Å². The molecule has 1 unspecified atom stereocenters. The minimum Gasteiger partial charge on any atom is -0.491 e. The highest BCUT2D eigenvalue weighted by Crippen LogP contribution is 2.08. The summed E-state index contributed by atoms with van der Waals surface area (Å²) in [6.45, 7) is 5.37. The molecule has 4 nitrogen and oxygen atoms in total. The molecule has 1 aromatic carbocycles. The van der Waals surface area contributed by atoms with Crippen LogP contribution < -0.4 is 10.1 Å². The molecule has 0 amide bonds. The number of aliphatic hydroxyl groups excluding tert-OH is 1. The lowest BCUT2D eigenvalue weighted by molar-refractivity contribution is 0.105. The van der Waals surface area contributed by atoms with Crippen LogP contribution in [0.2, 0.25) is 0 Å². The summed E-state index contributed by atoms with van der Waals surface area (Å²) in [6, 6.07) is 9.61. The van der Waals surface area contributed by atoms with Gasteiger partial charge in [-0.15, -0.1) is 0 Å². The fourth-order valence-corrected chi connectivity index (χ4v) is 2.46. The average Bonchev–Trinajstić information content (AvgIpc) is 2.52. The lowest BCUT2D eigenvalue weighted by Crippen LogP contribution is -2.39. The zero-order chi connectivity index (χ0) is 14.0. The highest BCUT2D eigenvalue weighted by atomic mass is 16.5. The molecular formula is C16H26N2O2. The maximum absolute atomic E-state index is 9.85. The number of piperidine rings is 1. The van der Waals surface area contributed by atoms with E-state index in [1.54, 1.807) is 0 Å². The van der Waals surface area contributed by atoms with Crippen LogP contribution >= 0.6 is 0 Å². The summed E-state index contributed by atoms with van der Waals surface area (Å²) in [7, 11) is 0. The molecule has 0 saturated carbocycles. The van der Waals surface area contributed by atoms with Gasteiger partial charge in [-0.1, -0.05) is 24.6 Å². The van der Waals surface area contributed by atoms with Gasteiger partial charge in [-0.2, -0.15) is 0 Å². The highest BCUT2D eigenvalue weighted by molar-refractivity contribution is 5.20. The maximum atomic E-state index is 9.85. The van der Waals surface area contributed by atoms with Gasteiger partial charge in [0.25, 0.3) is 0 Å². The van der Waals surface area contributed by atoms with Crippen LogP contribution in [0.3, 0.4) is 0 Å². The topological polar surface area (TPSA) is 44.7 Å². The second kappa shape index (κ2) is 8.95. The largest absolute Gasteiger partial charge is 0.491 e. The van der Waals surface area contributed by atoms with Crippen molar-refractivity contribution in [1.82, 2.24) is 10.2 Å². The molecule has 1 saturated heterocycles. The first kappa shape index (κ1) is 15.3. The molecule has 1 aliphatic rings. The van der Waals surface area contributed by atoms with Crippen LogP contribution in [0, 0.1) is 0 Å². The molecule has 1 fully saturated rings. The van der Waals surface area contributed by atoms with Gasteiger partial charge in [-0.25, -0.2) is 0 Å². The number of nitrogens with one attached hydrogen (secondary N) is 1. The van der Waals surface area contributed by atoms with Gasteiger partial charge in [0.1, 0.15) is 18.5 Å². The van der Waals surface area contributed by atoms with Crippen molar-refractivity contribution in [1.29, 1.82) is 0 Å². The molecule has 0 aliphatic carbocycles. The smallest absolute Gasteiger partial charge is 0.119 e. The summed E-state index contributed by atoms with van der Waals surface area (Å²) in [6.07, 6.45) is 3.57. The van der Waals surface area contributed by atoms with Crippen molar-refractivity contribution < 1.29 is 9.84 Å². The van der Waals surface area contributed by atoms with E-state index in [2.05, 4.69) is 10.2 Å². The Morgan fingerprint density at radius 3 is 2.65 bits per heavy atom. The van der Waals surface area contributed by atoms with E-state index in [1.807, 2.05) is 30.3 Å². The van der Waals surface area contributed by atoms with Crippen LogP contribution in [0.15, 0.2) is 30.3 Å². The van der Waals surface area contributed by atoms with Crippen LogP contribution in [0.4, 0.5) is 0 Å². The van der Waals surface area contributed by atoms with Crippen molar-refractivity contribution in [2.24, 2.45) is 0 Å². The highest BCUT2D eigenvalue weighted by Gasteiger charge is 2.09. The third-order valence-corrected chi connectivity index (χ3v) is 3.62. The first-order valence-electron chi connectivity index (χ1n) is 7.63. The maximum Gasteiger partial charge on any atom is 0.119 e. The van der Waals surface area contributed by atoms with Gasteiger partial charge in [-0.05, 0) is 38.1 Å². The van der Waals surface area contributed by atoms with Crippen molar-refractivity contribution in [3.63, 3.8) is 0 Å². The van der Waals surface area contributed by atoms with Crippen LogP contribution in [-0.2, 0) is 0 Å². The Kier molecular flexibility index (Phi) is 6.84. The van der Waals surface area contributed by atoms with Crippen LogP contribution in [0.1, 0.15) is 19.3 Å². The average molecular weight is 278 g/mol. The molecule has 0 radical (unpaired) electrons. The lowest BCUT2D eigenvalue weighted by atomic mass is 10.1. The zero-order valence-electron chi connectivity index (χ0n) is 12.1. The Hall–Kier alpha value is -1.10. The molecular weight excluding hydrogens is 252 g/mol. The van der Waals surface area contributed by atoms with Gasteiger partial charge >= 0.3 is 0 Å². The number of para-hydroxylation sites is 1. The molecule has 4 heteroatoms. The Morgan fingerprint density at radius 1 is 1.15 bits per heavy atom. The van der Waals surface area contributed by atoms with E-state index in [4.69, 9.17) is 4.74 Å². The van der Waals surface area contributed by atoms with E-state index < -0.39 is 6.10 Å². The number of benzene rings is 1. The number of likely N-dealkylation sites (tertiary alicyclic amines) is 1. The Labute approximate surface area is 121 Å². The summed E-state index contributed by atoms with van der Waals surface area (Å²) in [5, 5.41) is 13.1. The molecule has 112 valence electrons. The van der Waals surface area contributed by atoms with Crippen molar-refractivity contribution in [3.8, 4) is 5.75 Å². The Bertz CT molecular complexity index is 353. The zero-order valence-corrected chi connectivity index (χ0v) is 12.1. The van der Waals surface area contributed by atoms with Crippen LogP contribution in [0.25, 0.3) is 0 Å². The molecule has 1 heterocycles. The summed E-state index contributed by atoms with van der Waals surface area (Å²) in [4.78, 5) is 2.49. The number of hydrogen-bond acceptors (Lipinski definition) is 4. The number of ether oxygens (including phenoxy) is 1. The number of aliphatic hydroxyl groups is 1. The summed E-state index contributed by atoms with van der Waals surface area (Å²) < 4.78 is 5.51. The third-order valence-electron chi connectivity index (χ3n) is 3.62. The van der Waals surface area contributed by atoms with Crippen molar-refractivity contribution in [3.05, 3.63) is 30.3 Å². The molecule has 0 bridgehead atoms. The molecule has 0 aromatic heterocycles. The molecule has 0 spiro atoms. The Morgan fingerprint density at radius 2 is 1.90 bits per heavy atom. The van der Waals surface area contributed by atoms with E-state index in [9.17, 15) is 5.11 Å². The summed E-state index contributed by atoms with van der Waals surface area (Å²) in [5.74, 6) is 0.805. The minimum atomic E-state index is -0.462. The predicted molar refractivity (Wildman–Crippen MR) is 81.1 cm³/mol. The standard InChI is InChI=1S/C16H26N2O2/c19-15(14-20-16-7-3-1-4-8-16)13-17-9-12-18-10-5-2-6-11-18/h1,3-4,7-8,15,17,19H,2,5-6,9-14H2. The molecule has 2 rings (SSSR count). The Balaban J connectivity index is 1.50. The van der Waals surface area contributed by atoms with Gasteiger partial charge in [0.2, 0.25) is 0 Å². The quantitative estimate of drug-likeness (QED) is 0.707. The summed E-state index contributed by atoms with van der Waals surface area (Å²) in [5.41, 5.74) is 0. The fourth-order valence-electron chi connectivity index (χ4n) is 2.46. The molecule has 20 heavy (non-hydrogen) atoms. The number of rotatable bonds is 8. The normalized spacial score (nSPS) is 17.9. The van der Waals surface area contributed by atoms with E-state index in [1.165, 1.54) is 32.4 Å². The first-order chi connectivity index (χ1) is 9.84.